The summed E-state index contributed by atoms with van der Waals surface area (Å²) in [6.45, 7) is 2.71. The molecule has 1 aromatic heterocycles. The van der Waals surface area contributed by atoms with Crippen LogP contribution in [0.1, 0.15) is 48.0 Å². The summed E-state index contributed by atoms with van der Waals surface area (Å²) in [5.41, 5.74) is 4.18. The molecular weight excluding hydrogens is 386 g/mol. The molecule has 0 saturated heterocycles. The van der Waals surface area contributed by atoms with Crippen molar-refractivity contribution in [1.29, 1.82) is 0 Å². The second kappa shape index (κ2) is 10.0. The molecule has 0 spiro atoms. The monoisotopic (exact) mass is 413 g/mol. The third-order valence-electron chi connectivity index (χ3n) is 5.36. The average Bonchev–Trinajstić information content (AvgIpc) is 2.80. The summed E-state index contributed by atoms with van der Waals surface area (Å²) in [4.78, 5) is 21.2. The lowest BCUT2D eigenvalue weighted by Crippen LogP contribution is -2.24. The maximum atomic E-state index is 12.4. The molecule has 158 valence electrons. The fourth-order valence-electron chi connectivity index (χ4n) is 3.69. The topological polar surface area (TPSA) is 64.1 Å². The highest BCUT2D eigenvalue weighted by molar-refractivity contribution is 5.94. The Hall–Kier alpha value is -3.47. The van der Waals surface area contributed by atoms with Gasteiger partial charge in [0.25, 0.3) is 5.91 Å². The molecule has 0 atom stereocenters. The Morgan fingerprint density at radius 1 is 1.10 bits per heavy atom. The van der Waals surface area contributed by atoms with Crippen molar-refractivity contribution in [2.45, 2.75) is 39.0 Å². The lowest BCUT2D eigenvalue weighted by atomic mass is 9.97. The molecule has 1 amide bonds. The number of amides is 1. The van der Waals surface area contributed by atoms with E-state index in [2.05, 4.69) is 21.4 Å². The molecule has 1 heterocycles. The van der Waals surface area contributed by atoms with Crippen LogP contribution in [0.3, 0.4) is 0 Å². The van der Waals surface area contributed by atoms with Crippen molar-refractivity contribution < 1.29 is 9.53 Å². The van der Waals surface area contributed by atoms with Gasteiger partial charge >= 0.3 is 0 Å². The van der Waals surface area contributed by atoms with Gasteiger partial charge in [-0.2, -0.15) is 4.98 Å². The number of nitrogens with zero attached hydrogens (tertiary/aromatic N) is 2. The molecule has 31 heavy (non-hydrogen) atoms. The first kappa shape index (κ1) is 20.8. The van der Waals surface area contributed by atoms with Crippen LogP contribution in [0.25, 0.3) is 11.4 Å². The Morgan fingerprint density at radius 3 is 2.74 bits per heavy atom. The Morgan fingerprint density at radius 2 is 1.97 bits per heavy atom. The van der Waals surface area contributed by atoms with Gasteiger partial charge in [0.2, 0.25) is 5.88 Å². The van der Waals surface area contributed by atoms with Crippen molar-refractivity contribution in [3.8, 4) is 23.0 Å². The third kappa shape index (κ3) is 5.79. The summed E-state index contributed by atoms with van der Waals surface area (Å²) in [5.74, 6) is 1.64. The van der Waals surface area contributed by atoms with E-state index in [1.165, 1.54) is 24.8 Å². The van der Waals surface area contributed by atoms with Crippen LogP contribution in [-0.2, 0) is 0 Å². The van der Waals surface area contributed by atoms with E-state index in [4.69, 9.17) is 4.74 Å². The van der Waals surface area contributed by atoms with Crippen LogP contribution >= 0.6 is 0 Å². The zero-order valence-corrected chi connectivity index (χ0v) is 17.8. The van der Waals surface area contributed by atoms with E-state index in [0.29, 0.717) is 29.6 Å². The van der Waals surface area contributed by atoms with Crippen molar-refractivity contribution in [2.24, 2.45) is 0 Å². The SMILES string of the molecule is Cc1cccc(-c2nccc(Oc3ccc(C(=O)NCCC4=CCCCC4)cc3)n2)c1. The van der Waals surface area contributed by atoms with Gasteiger partial charge in [-0.15, -0.1) is 0 Å². The molecule has 5 heteroatoms. The van der Waals surface area contributed by atoms with E-state index in [0.717, 1.165) is 24.0 Å². The number of allylic oxidation sites excluding steroid dienone is 1. The number of nitrogens with one attached hydrogen (secondary N) is 1. The minimum Gasteiger partial charge on any atom is -0.439 e. The Labute approximate surface area is 183 Å². The van der Waals surface area contributed by atoms with E-state index in [9.17, 15) is 4.79 Å². The summed E-state index contributed by atoms with van der Waals surface area (Å²) in [7, 11) is 0. The van der Waals surface area contributed by atoms with Crippen LogP contribution in [-0.4, -0.2) is 22.4 Å². The highest BCUT2D eigenvalue weighted by Gasteiger charge is 2.09. The van der Waals surface area contributed by atoms with E-state index in [1.807, 2.05) is 31.2 Å². The standard InChI is InChI=1S/C26H27N3O2/c1-19-6-5-9-22(18-19)25-27-17-15-24(29-25)31-23-12-10-21(11-13-23)26(30)28-16-14-20-7-3-2-4-8-20/h5-7,9-13,15,17-18H,2-4,8,14,16H2,1H3,(H,28,30). The zero-order chi connectivity index (χ0) is 21.5. The van der Waals surface area contributed by atoms with Crippen molar-refractivity contribution in [1.82, 2.24) is 15.3 Å². The van der Waals surface area contributed by atoms with Crippen LogP contribution in [0.4, 0.5) is 0 Å². The smallest absolute Gasteiger partial charge is 0.251 e. The van der Waals surface area contributed by atoms with Gasteiger partial charge in [0.1, 0.15) is 5.75 Å². The van der Waals surface area contributed by atoms with Crippen molar-refractivity contribution in [2.75, 3.05) is 6.54 Å². The Balaban J connectivity index is 1.34. The second-order valence-corrected chi connectivity index (χ2v) is 7.83. The summed E-state index contributed by atoms with van der Waals surface area (Å²) >= 11 is 0. The molecule has 1 aliphatic rings. The number of ether oxygens (including phenoxy) is 1. The third-order valence-corrected chi connectivity index (χ3v) is 5.36. The molecule has 1 N–H and O–H groups in total. The predicted octanol–water partition coefficient (Wildman–Crippen LogP) is 5.86. The van der Waals surface area contributed by atoms with Gasteiger partial charge in [-0.3, -0.25) is 4.79 Å². The molecule has 3 aromatic rings. The van der Waals surface area contributed by atoms with Crippen molar-refractivity contribution in [3.05, 3.63) is 83.6 Å². The van der Waals surface area contributed by atoms with E-state index < -0.39 is 0 Å². The van der Waals surface area contributed by atoms with Crippen LogP contribution in [0.15, 0.2) is 72.4 Å². The molecule has 2 aromatic carbocycles. The number of hydrogen-bond donors (Lipinski definition) is 1. The predicted molar refractivity (Wildman–Crippen MR) is 122 cm³/mol. The minimum absolute atomic E-state index is 0.0632. The first-order valence-corrected chi connectivity index (χ1v) is 10.8. The quantitative estimate of drug-likeness (QED) is 0.492. The van der Waals surface area contributed by atoms with E-state index >= 15 is 0 Å². The molecule has 0 fully saturated rings. The molecule has 0 radical (unpaired) electrons. The minimum atomic E-state index is -0.0632. The van der Waals surface area contributed by atoms with E-state index in [-0.39, 0.29) is 5.91 Å². The zero-order valence-electron chi connectivity index (χ0n) is 17.8. The van der Waals surface area contributed by atoms with E-state index in [1.54, 1.807) is 36.5 Å². The lowest BCUT2D eigenvalue weighted by Gasteiger charge is -2.13. The number of aryl methyl sites for hydroxylation is 1. The van der Waals surface area contributed by atoms with Gasteiger partial charge < -0.3 is 10.1 Å². The highest BCUT2D eigenvalue weighted by atomic mass is 16.5. The van der Waals surface area contributed by atoms with Crippen LogP contribution in [0.5, 0.6) is 11.6 Å². The number of rotatable bonds is 7. The summed E-state index contributed by atoms with van der Waals surface area (Å²) in [5, 5.41) is 3.00. The lowest BCUT2D eigenvalue weighted by molar-refractivity contribution is 0.0954. The molecular formula is C26H27N3O2. The normalized spacial score (nSPS) is 13.4. The molecule has 0 unspecified atom stereocenters. The maximum absolute atomic E-state index is 12.4. The first-order valence-electron chi connectivity index (χ1n) is 10.8. The number of benzene rings is 2. The Kier molecular flexibility index (Phi) is 6.72. The van der Waals surface area contributed by atoms with Crippen molar-refractivity contribution >= 4 is 5.91 Å². The number of aromatic nitrogens is 2. The van der Waals surface area contributed by atoms with Gasteiger partial charge in [0.15, 0.2) is 5.82 Å². The molecule has 4 rings (SSSR count). The van der Waals surface area contributed by atoms with Crippen LogP contribution in [0, 0.1) is 6.92 Å². The maximum Gasteiger partial charge on any atom is 0.251 e. The molecule has 1 aliphatic carbocycles. The second-order valence-electron chi connectivity index (χ2n) is 7.83. The average molecular weight is 414 g/mol. The van der Waals surface area contributed by atoms with Crippen LogP contribution < -0.4 is 10.1 Å². The van der Waals surface area contributed by atoms with Gasteiger partial charge in [-0.05, 0) is 69.4 Å². The molecule has 0 aliphatic heterocycles. The number of carbonyl (C=O) groups is 1. The fraction of sp³-hybridized carbons (Fsp3) is 0.269. The number of carbonyl (C=O) groups excluding carboxylic acids is 1. The first-order chi connectivity index (χ1) is 15.2. The van der Waals surface area contributed by atoms with Crippen molar-refractivity contribution in [3.63, 3.8) is 0 Å². The largest absolute Gasteiger partial charge is 0.439 e. The van der Waals surface area contributed by atoms with Crippen LogP contribution in [0.2, 0.25) is 0 Å². The van der Waals surface area contributed by atoms with Gasteiger partial charge in [-0.1, -0.05) is 35.4 Å². The summed E-state index contributed by atoms with van der Waals surface area (Å²) in [6, 6.07) is 16.9. The fourth-order valence-corrected chi connectivity index (χ4v) is 3.69. The van der Waals surface area contributed by atoms with Gasteiger partial charge in [0, 0.05) is 29.9 Å². The summed E-state index contributed by atoms with van der Waals surface area (Å²) in [6.07, 6.45) is 9.82. The molecule has 0 bridgehead atoms. The van der Waals surface area contributed by atoms with Gasteiger partial charge in [-0.25, -0.2) is 4.98 Å². The van der Waals surface area contributed by atoms with Gasteiger partial charge in [0.05, 0.1) is 0 Å². The highest BCUT2D eigenvalue weighted by Crippen LogP contribution is 2.23. The Bertz CT molecular complexity index is 1070. The number of hydrogen-bond acceptors (Lipinski definition) is 4. The summed E-state index contributed by atoms with van der Waals surface area (Å²) < 4.78 is 5.88. The molecule has 5 nitrogen and oxygen atoms in total. The molecule has 0 saturated carbocycles.